The number of rotatable bonds is 5. The molecule has 0 spiro atoms. The van der Waals surface area contributed by atoms with Gasteiger partial charge in [0, 0.05) is 24.0 Å². The van der Waals surface area contributed by atoms with E-state index in [0.717, 1.165) is 18.0 Å². The van der Waals surface area contributed by atoms with Gasteiger partial charge < -0.3 is 5.32 Å². The molecule has 1 heterocycles. The second kappa shape index (κ2) is 6.14. The Morgan fingerprint density at radius 2 is 1.80 bits per heavy atom. The van der Waals surface area contributed by atoms with Crippen LogP contribution >= 0.6 is 0 Å². The van der Waals surface area contributed by atoms with Crippen LogP contribution in [0, 0.1) is 5.92 Å². The maximum atomic E-state index is 4.06. The van der Waals surface area contributed by atoms with Crippen molar-refractivity contribution in [3.63, 3.8) is 0 Å². The summed E-state index contributed by atoms with van der Waals surface area (Å²) in [5.41, 5.74) is 3.57. The van der Waals surface area contributed by atoms with Crippen molar-refractivity contribution in [1.29, 1.82) is 0 Å². The predicted molar refractivity (Wildman–Crippen MR) is 81.2 cm³/mol. The first-order chi connectivity index (χ1) is 9.83. The third-order valence-electron chi connectivity index (χ3n) is 4.24. The van der Waals surface area contributed by atoms with E-state index in [-0.39, 0.29) is 0 Å². The number of hydrogen-bond acceptors (Lipinski definition) is 3. The van der Waals surface area contributed by atoms with Gasteiger partial charge in [-0.1, -0.05) is 30.7 Å². The Kier molecular flexibility index (Phi) is 4.07. The smallest absolute Gasteiger partial charge is 0.115 e. The van der Waals surface area contributed by atoms with Crippen molar-refractivity contribution in [2.75, 3.05) is 6.54 Å². The van der Waals surface area contributed by atoms with Crippen LogP contribution in [0.5, 0.6) is 0 Å². The second-order valence-corrected chi connectivity index (χ2v) is 5.68. The van der Waals surface area contributed by atoms with Crippen LogP contribution in [0.4, 0.5) is 0 Å². The summed E-state index contributed by atoms with van der Waals surface area (Å²) in [5.74, 6) is 0.901. The van der Waals surface area contributed by atoms with Crippen LogP contribution in [0.25, 0.3) is 11.1 Å². The summed E-state index contributed by atoms with van der Waals surface area (Å²) in [6.45, 7) is 3.38. The molecule has 1 saturated carbocycles. The first kappa shape index (κ1) is 13.3. The average molecular weight is 267 g/mol. The molecule has 1 aliphatic carbocycles. The standard InChI is InChI=1S/C17H21N3/c1-13(20-9-14-3-2-4-14)15-5-7-16(8-6-15)17-10-18-12-19-11-17/h5-8,10-14,20H,2-4,9H2,1H3/t13-/m1/s1. The van der Waals surface area contributed by atoms with E-state index in [1.807, 2.05) is 12.4 Å². The quantitative estimate of drug-likeness (QED) is 0.899. The Labute approximate surface area is 120 Å². The van der Waals surface area contributed by atoms with E-state index >= 15 is 0 Å². The molecular weight excluding hydrogens is 246 g/mol. The van der Waals surface area contributed by atoms with Crippen molar-refractivity contribution in [2.24, 2.45) is 5.92 Å². The Bertz CT molecular complexity index is 532. The normalized spacial score (nSPS) is 16.6. The van der Waals surface area contributed by atoms with Gasteiger partial charge >= 0.3 is 0 Å². The molecule has 0 unspecified atom stereocenters. The third-order valence-corrected chi connectivity index (χ3v) is 4.24. The average Bonchev–Trinajstić information content (AvgIpc) is 2.46. The molecule has 0 radical (unpaired) electrons. The fourth-order valence-electron chi connectivity index (χ4n) is 2.57. The summed E-state index contributed by atoms with van der Waals surface area (Å²) < 4.78 is 0. The maximum absolute atomic E-state index is 4.06. The SMILES string of the molecule is C[C@@H](NCC1CCC1)c1ccc(-c2cncnc2)cc1. The number of nitrogens with one attached hydrogen (secondary N) is 1. The number of benzene rings is 1. The van der Waals surface area contributed by atoms with E-state index in [2.05, 4.69) is 46.5 Å². The summed E-state index contributed by atoms with van der Waals surface area (Å²) in [4.78, 5) is 8.12. The summed E-state index contributed by atoms with van der Waals surface area (Å²) in [5, 5.41) is 3.64. The van der Waals surface area contributed by atoms with Gasteiger partial charge in [0.25, 0.3) is 0 Å². The van der Waals surface area contributed by atoms with Crippen LogP contribution in [-0.4, -0.2) is 16.5 Å². The van der Waals surface area contributed by atoms with Crippen molar-refractivity contribution >= 4 is 0 Å². The highest BCUT2D eigenvalue weighted by Crippen LogP contribution is 2.26. The number of hydrogen-bond donors (Lipinski definition) is 1. The van der Waals surface area contributed by atoms with Gasteiger partial charge in [-0.25, -0.2) is 9.97 Å². The van der Waals surface area contributed by atoms with Gasteiger partial charge in [-0.2, -0.15) is 0 Å². The molecular formula is C17H21N3. The monoisotopic (exact) mass is 267 g/mol. The molecule has 0 bridgehead atoms. The van der Waals surface area contributed by atoms with Gasteiger partial charge in [0.15, 0.2) is 0 Å². The van der Waals surface area contributed by atoms with Crippen molar-refractivity contribution in [3.05, 3.63) is 48.5 Å². The van der Waals surface area contributed by atoms with Gasteiger partial charge in [-0.15, -0.1) is 0 Å². The zero-order chi connectivity index (χ0) is 13.8. The number of aromatic nitrogens is 2. The van der Waals surface area contributed by atoms with Crippen LogP contribution in [0.2, 0.25) is 0 Å². The fraction of sp³-hybridized carbons (Fsp3) is 0.412. The zero-order valence-electron chi connectivity index (χ0n) is 11.9. The largest absolute Gasteiger partial charge is 0.310 e. The van der Waals surface area contributed by atoms with E-state index in [0.29, 0.717) is 6.04 Å². The van der Waals surface area contributed by atoms with E-state index in [9.17, 15) is 0 Å². The molecule has 1 fully saturated rings. The predicted octanol–water partition coefficient (Wildman–Crippen LogP) is 3.59. The van der Waals surface area contributed by atoms with E-state index < -0.39 is 0 Å². The van der Waals surface area contributed by atoms with Crippen LogP contribution in [0.3, 0.4) is 0 Å². The third kappa shape index (κ3) is 3.05. The summed E-state index contributed by atoms with van der Waals surface area (Å²) in [6.07, 6.45) is 9.46. The Balaban J connectivity index is 1.63. The highest BCUT2D eigenvalue weighted by Gasteiger charge is 2.17. The Morgan fingerprint density at radius 1 is 1.10 bits per heavy atom. The second-order valence-electron chi connectivity index (χ2n) is 5.68. The molecule has 3 nitrogen and oxygen atoms in total. The summed E-state index contributed by atoms with van der Waals surface area (Å²) in [7, 11) is 0. The van der Waals surface area contributed by atoms with Crippen molar-refractivity contribution in [3.8, 4) is 11.1 Å². The number of nitrogens with zero attached hydrogens (tertiary/aromatic N) is 2. The molecule has 20 heavy (non-hydrogen) atoms. The lowest BCUT2D eigenvalue weighted by molar-refractivity contribution is 0.292. The minimum Gasteiger partial charge on any atom is -0.310 e. The van der Waals surface area contributed by atoms with Gasteiger partial charge in [-0.05, 0) is 43.4 Å². The lowest BCUT2D eigenvalue weighted by Crippen LogP contribution is -2.29. The molecule has 3 heteroatoms. The van der Waals surface area contributed by atoms with Gasteiger partial charge in [0.2, 0.25) is 0 Å². The first-order valence-corrected chi connectivity index (χ1v) is 7.41. The van der Waals surface area contributed by atoms with Crippen molar-refractivity contribution in [2.45, 2.75) is 32.2 Å². The van der Waals surface area contributed by atoms with Crippen LogP contribution < -0.4 is 5.32 Å². The minimum atomic E-state index is 0.414. The van der Waals surface area contributed by atoms with E-state index in [1.165, 1.54) is 30.4 Å². The molecule has 3 rings (SSSR count). The first-order valence-electron chi connectivity index (χ1n) is 7.41. The lowest BCUT2D eigenvalue weighted by Gasteiger charge is -2.27. The van der Waals surface area contributed by atoms with E-state index in [4.69, 9.17) is 0 Å². The molecule has 104 valence electrons. The molecule has 1 atom stereocenters. The molecule has 2 aromatic rings. The summed E-state index contributed by atoms with van der Waals surface area (Å²) >= 11 is 0. The molecule has 0 amide bonds. The highest BCUT2D eigenvalue weighted by atomic mass is 14.9. The maximum Gasteiger partial charge on any atom is 0.115 e. The molecule has 1 N–H and O–H groups in total. The molecule has 1 aromatic carbocycles. The van der Waals surface area contributed by atoms with Crippen molar-refractivity contribution in [1.82, 2.24) is 15.3 Å². The Morgan fingerprint density at radius 3 is 2.40 bits per heavy atom. The zero-order valence-corrected chi connectivity index (χ0v) is 11.9. The van der Waals surface area contributed by atoms with Crippen molar-refractivity contribution < 1.29 is 0 Å². The fourth-order valence-corrected chi connectivity index (χ4v) is 2.57. The van der Waals surface area contributed by atoms with E-state index in [1.54, 1.807) is 6.33 Å². The minimum absolute atomic E-state index is 0.414. The van der Waals surface area contributed by atoms with Gasteiger partial charge in [-0.3, -0.25) is 0 Å². The van der Waals surface area contributed by atoms with Gasteiger partial charge in [0.05, 0.1) is 0 Å². The summed E-state index contributed by atoms with van der Waals surface area (Å²) in [6, 6.07) is 9.10. The molecule has 1 aromatic heterocycles. The topological polar surface area (TPSA) is 37.8 Å². The Hall–Kier alpha value is -1.74. The van der Waals surface area contributed by atoms with Gasteiger partial charge in [0.1, 0.15) is 6.33 Å². The molecule has 0 aliphatic heterocycles. The molecule has 1 aliphatic rings. The lowest BCUT2D eigenvalue weighted by atomic mass is 9.85. The van der Waals surface area contributed by atoms with Crippen LogP contribution in [0.15, 0.2) is 43.0 Å². The van der Waals surface area contributed by atoms with Crippen LogP contribution in [0.1, 0.15) is 37.8 Å². The van der Waals surface area contributed by atoms with Crippen LogP contribution in [-0.2, 0) is 0 Å². The highest BCUT2D eigenvalue weighted by molar-refractivity contribution is 5.61. The molecule has 0 saturated heterocycles.